The Morgan fingerprint density at radius 2 is 2.00 bits per heavy atom. The number of nitrogens with one attached hydrogen (secondary N) is 1. The van der Waals surface area contributed by atoms with Crippen molar-refractivity contribution in [3.05, 3.63) is 58.0 Å². The number of rotatable bonds is 5. The van der Waals surface area contributed by atoms with E-state index in [1.54, 1.807) is 25.1 Å². The molecule has 0 aliphatic rings. The van der Waals surface area contributed by atoms with E-state index in [-0.39, 0.29) is 23.5 Å². The molecular weight excluding hydrogens is 290 g/mol. The van der Waals surface area contributed by atoms with Crippen molar-refractivity contribution >= 4 is 10.0 Å². The Morgan fingerprint density at radius 1 is 1.24 bits per heavy atom. The van der Waals surface area contributed by atoms with Gasteiger partial charge in [-0.2, -0.15) is 5.10 Å². The lowest BCUT2D eigenvalue weighted by Crippen LogP contribution is -2.32. The average molecular weight is 307 g/mol. The highest BCUT2D eigenvalue weighted by molar-refractivity contribution is 7.89. The second kappa shape index (κ2) is 6.19. The van der Waals surface area contributed by atoms with Crippen molar-refractivity contribution in [3.8, 4) is 0 Å². The molecule has 6 nitrogen and oxygen atoms in total. The van der Waals surface area contributed by atoms with Gasteiger partial charge >= 0.3 is 0 Å². The molecule has 0 unspecified atom stereocenters. The van der Waals surface area contributed by atoms with Gasteiger partial charge in [0.1, 0.15) is 0 Å². The van der Waals surface area contributed by atoms with Crippen molar-refractivity contribution in [2.45, 2.75) is 25.3 Å². The van der Waals surface area contributed by atoms with Crippen LogP contribution in [-0.2, 0) is 16.6 Å². The summed E-state index contributed by atoms with van der Waals surface area (Å²) < 4.78 is 28.2. The molecule has 0 aliphatic carbocycles. The highest BCUT2D eigenvalue weighted by Crippen LogP contribution is 2.16. The summed E-state index contributed by atoms with van der Waals surface area (Å²) in [5.74, 6) is 0. The first-order valence-electron chi connectivity index (χ1n) is 6.49. The van der Waals surface area contributed by atoms with Crippen LogP contribution in [0.2, 0.25) is 0 Å². The molecule has 0 spiro atoms. The van der Waals surface area contributed by atoms with Gasteiger partial charge in [-0.3, -0.25) is 4.79 Å². The smallest absolute Gasteiger partial charge is 0.266 e. The third-order valence-electron chi connectivity index (χ3n) is 3.03. The highest BCUT2D eigenvalue weighted by Gasteiger charge is 2.16. The van der Waals surface area contributed by atoms with E-state index in [2.05, 4.69) is 9.82 Å². The Kier molecular flexibility index (Phi) is 4.54. The molecule has 21 heavy (non-hydrogen) atoms. The van der Waals surface area contributed by atoms with Crippen molar-refractivity contribution in [3.63, 3.8) is 0 Å². The molecule has 1 aromatic heterocycles. The fourth-order valence-electron chi connectivity index (χ4n) is 1.92. The number of aromatic nitrogens is 2. The van der Waals surface area contributed by atoms with E-state index in [0.717, 1.165) is 5.56 Å². The molecule has 0 atom stereocenters. The Morgan fingerprint density at radius 3 is 2.71 bits per heavy atom. The fourth-order valence-corrected chi connectivity index (χ4v) is 3.26. The predicted molar refractivity (Wildman–Crippen MR) is 79.6 cm³/mol. The normalized spacial score (nSPS) is 11.5. The minimum Gasteiger partial charge on any atom is -0.268 e. The molecule has 7 heteroatoms. The maximum atomic E-state index is 12.3. The highest BCUT2D eigenvalue weighted by atomic mass is 32.2. The fraction of sp³-hybridized carbons (Fsp3) is 0.286. The van der Waals surface area contributed by atoms with E-state index in [4.69, 9.17) is 0 Å². The summed E-state index contributed by atoms with van der Waals surface area (Å²) in [4.78, 5) is 11.7. The van der Waals surface area contributed by atoms with Gasteiger partial charge in [-0.15, -0.1) is 0 Å². The SMILES string of the molecule is Cc1ccc(C)c(S(=O)(=O)NCCn2ncccc2=O)c1. The molecule has 1 N–H and O–H groups in total. The topological polar surface area (TPSA) is 81.1 Å². The van der Waals surface area contributed by atoms with Crippen LogP contribution in [0.25, 0.3) is 0 Å². The molecule has 0 saturated carbocycles. The number of nitrogens with zero attached hydrogens (tertiary/aromatic N) is 2. The largest absolute Gasteiger partial charge is 0.268 e. The van der Waals surface area contributed by atoms with Crippen LogP contribution in [0.5, 0.6) is 0 Å². The summed E-state index contributed by atoms with van der Waals surface area (Å²) in [6.45, 7) is 3.87. The molecule has 2 aromatic rings. The third-order valence-corrected chi connectivity index (χ3v) is 4.64. The van der Waals surface area contributed by atoms with E-state index >= 15 is 0 Å². The minimum absolute atomic E-state index is 0.104. The van der Waals surface area contributed by atoms with Gasteiger partial charge in [0.05, 0.1) is 11.4 Å². The van der Waals surface area contributed by atoms with Crippen LogP contribution in [0, 0.1) is 13.8 Å². The molecule has 2 rings (SSSR count). The summed E-state index contributed by atoms with van der Waals surface area (Å²) >= 11 is 0. The van der Waals surface area contributed by atoms with E-state index in [1.165, 1.54) is 16.9 Å². The number of hydrogen-bond acceptors (Lipinski definition) is 4. The molecular formula is C14H17N3O3S. The second-order valence-electron chi connectivity index (χ2n) is 4.75. The Bertz CT molecular complexity index is 797. The zero-order valence-corrected chi connectivity index (χ0v) is 12.7. The van der Waals surface area contributed by atoms with Gasteiger partial charge in [0.2, 0.25) is 10.0 Å². The van der Waals surface area contributed by atoms with E-state index in [1.807, 2.05) is 13.0 Å². The van der Waals surface area contributed by atoms with Crippen molar-refractivity contribution in [1.82, 2.24) is 14.5 Å². The Hall–Kier alpha value is -1.99. The molecule has 0 bridgehead atoms. The Labute approximate surface area is 123 Å². The van der Waals surface area contributed by atoms with Gasteiger partial charge in [0.15, 0.2) is 0 Å². The van der Waals surface area contributed by atoms with Crippen LogP contribution in [-0.4, -0.2) is 24.7 Å². The van der Waals surface area contributed by atoms with E-state index in [0.29, 0.717) is 5.56 Å². The molecule has 0 fully saturated rings. The van der Waals surface area contributed by atoms with Crippen LogP contribution in [0.3, 0.4) is 0 Å². The lowest BCUT2D eigenvalue weighted by molar-refractivity contribution is 0.547. The van der Waals surface area contributed by atoms with Crippen molar-refractivity contribution in [2.75, 3.05) is 6.54 Å². The van der Waals surface area contributed by atoms with E-state index < -0.39 is 10.0 Å². The van der Waals surface area contributed by atoms with Crippen LogP contribution < -0.4 is 10.3 Å². The average Bonchev–Trinajstić information content (AvgIpc) is 2.43. The van der Waals surface area contributed by atoms with Gasteiger partial charge < -0.3 is 0 Å². The summed E-state index contributed by atoms with van der Waals surface area (Å²) in [5, 5.41) is 3.87. The zero-order valence-electron chi connectivity index (χ0n) is 11.9. The summed E-state index contributed by atoms with van der Waals surface area (Å²) in [6.07, 6.45) is 1.49. The van der Waals surface area contributed by atoms with Crippen LogP contribution in [0.15, 0.2) is 46.2 Å². The number of sulfonamides is 1. The van der Waals surface area contributed by atoms with Crippen LogP contribution in [0.4, 0.5) is 0 Å². The summed E-state index contributed by atoms with van der Waals surface area (Å²) in [6, 6.07) is 8.19. The maximum absolute atomic E-state index is 12.3. The standard InChI is InChI=1S/C14H17N3O3S/c1-11-5-6-12(2)13(10-11)21(19,20)16-8-9-17-14(18)4-3-7-15-17/h3-7,10,16H,8-9H2,1-2H3. The van der Waals surface area contributed by atoms with Crippen molar-refractivity contribution in [2.24, 2.45) is 0 Å². The van der Waals surface area contributed by atoms with Gasteiger partial charge in [-0.1, -0.05) is 12.1 Å². The number of hydrogen-bond donors (Lipinski definition) is 1. The van der Waals surface area contributed by atoms with Gasteiger partial charge in [0, 0.05) is 18.8 Å². The molecule has 1 aromatic carbocycles. The minimum atomic E-state index is -3.59. The van der Waals surface area contributed by atoms with E-state index in [9.17, 15) is 13.2 Å². The molecule has 0 saturated heterocycles. The van der Waals surface area contributed by atoms with Crippen molar-refractivity contribution in [1.29, 1.82) is 0 Å². The summed E-state index contributed by atoms with van der Waals surface area (Å²) in [5.41, 5.74) is 1.30. The first-order valence-corrected chi connectivity index (χ1v) is 7.97. The molecule has 0 aliphatic heterocycles. The molecule has 1 heterocycles. The second-order valence-corrected chi connectivity index (χ2v) is 6.49. The molecule has 0 amide bonds. The Balaban J connectivity index is 2.10. The van der Waals surface area contributed by atoms with Crippen molar-refractivity contribution < 1.29 is 8.42 Å². The number of benzene rings is 1. The van der Waals surface area contributed by atoms with Gasteiger partial charge in [-0.25, -0.2) is 17.8 Å². The first-order chi connectivity index (χ1) is 9.90. The monoisotopic (exact) mass is 307 g/mol. The molecule has 0 radical (unpaired) electrons. The molecule has 112 valence electrons. The van der Waals surface area contributed by atoms with Crippen LogP contribution in [0.1, 0.15) is 11.1 Å². The lowest BCUT2D eigenvalue weighted by Gasteiger charge is -2.10. The predicted octanol–water partition coefficient (Wildman–Crippen LogP) is 0.839. The van der Waals surface area contributed by atoms with Gasteiger partial charge in [0.25, 0.3) is 5.56 Å². The maximum Gasteiger partial charge on any atom is 0.266 e. The number of aryl methyl sites for hydroxylation is 2. The van der Waals surface area contributed by atoms with Gasteiger partial charge in [-0.05, 0) is 37.1 Å². The quantitative estimate of drug-likeness (QED) is 0.887. The first kappa shape index (κ1) is 15.4. The third kappa shape index (κ3) is 3.77. The lowest BCUT2D eigenvalue weighted by atomic mass is 10.2. The zero-order chi connectivity index (χ0) is 15.5. The summed E-state index contributed by atoms with van der Waals surface area (Å²) in [7, 11) is -3.59. The van der Waals surface area contributed by atoms with Crippen LogP contribution >= 0.6 is 0 Å².